The van der Waals surface area contributed by atoms with Gasteiger partial charge >= 0.3 is 0 Å². The summed E-state index contributed by atoms with van der Waals surface area (Å²) in [4.78, 5) is 0. The van der Waals surface area contributed by atoms with E-state index in [2.05, 4.69) is 40.9 Å². The van der Waals surface area contributed by atoms with Crippen LogP contribution in [0.1, 0.15) is 32.6 Å². The molecule has 100 valence electrons. The molecule has 18 heavy (non-hydrogen) atoms. The van der Waals surface area contributed by atoms with Crippen LogP contribution in [0.3, 0.4) is 0 Å². The predicted octanol–water partition coefficient (Wildman–Crippen LogP) is 4.70. The standard InChI is InChI=1S/C14H19ClINO/c1-2-3-12-9-11(6-7-18-12)17-14-8-10(16)4-5-13(14)15/h4-5,8,11-12,17H,2-3,6-7,9H2,1H3. The number of hydrogen-bond donors (Lipinski definition) is 1. The summed E-state index contributed by atoms with van der Waals surface area (Å²) in [5, 5.41) is 4.36. The summed E-state index contributed by atoms with van der Waals surface area (Å²) < 4.78 is 6.97. The summed E-state index contributed by atoms with van der Waals surface area (Å²) >= 11 is 8.53. The highest BCUT2D eigenvalue weighted by molar-refractivity contribution is 14.1. The first-order chi connectivity index (χ1) is 8.69. The van der Waals surface area contributed by atoms with Gasteiger partial charge in [-0.25, -0.2) is 0 Å². The molecule has 1 fully saturated rings. The van der Waals surface area contributed by atoms with Gasteiger partial charge in [0.1, 0.15) is 0 Å². The Morgan fingerprint density at radius 2 is 2.33 bits per heavy atom. The second kappa shape index (κ2) is 6.96. The first kappa shape index (κ1) is 14.4. The van der Waals surface area contributed by atoms with Gasteiger partial charge in [-0.1, -0.05) is 24.9 Å². The highest BCUT2D eigenvalue weighted by Gasteiger charge is 2.22. The van der Waals surface area contributed by atoms with Gasteiger partial charge < -0.3 is 10.1 Å². The Morgan fingerprint density at radius 1 is 1.50 bits per heavy atom. The first-order valence-electron chi connectivity index (χ1n) is 6.52. The molecule has 2 atom stereocenters. The summed E-state index contributed by atoms with van der Waals surface area (Å²) in [7, 11) is 0. The molecule has 2 rings (SSSR count). The number of ether oxygens (including phenoxy) is 1. The highest BCUT2D eigenvalue weighted by atomic mass is 127. The second-order valence-corrected chi connectivity index (χ2v) is 6.42. The molecule has 0 amide bonds. The van der Waals surface area contributed by atoms with E-state index in [1.54, 1.807) is 0 Å². The molecule has 0 spiro atoms. The topological polar surface area (TPSA) is 21.3 Å². The third-order valence-electron chi connectivity index (χ3n) is 3.27. The minimum absolute atomic E-state index is 0.405. The lowest BCUT2D eigenvalue weighted by atomic mass is 10.00. The fourth-order valence-electron chi connectivity index (χ4n) is 2.36. The largest absolute Gasteiger partial charge is 0.381 e. The van der Waals surface area contributed by atoms with Crippen molar-refractivity contribution in [1.82, 2.24) is 0 Å². The molecule has 1 aromatic rings. The fourth-order valence-corrected chi connectivity index (χ4v) is 3.03. The Balaban J connectivity index is 1.98. The molecule has 1 heterocycles. The number of hydrogen-bond acceptors (Lipinski definition) is 2. The van der Waals surface area contributed by atoms with Crippen LogP contribution in [0.15, 0.2) is 18.2 Å². The molecule has 0 bridgehead atoms. The second-order valence-electron chi connectivity index (χ2n) is 4.77. The Kier molecular flexibility index (Phi) is 5.57. The van der Waals surface area contributed by atoms with Gasteiger partial charge in [-0.3, -0.25) is 0 Å². The third-order valence-corrected chi connectivity index (χ3v) is 4.27. The molecule has 1 saturated heterocycles. The Labute approximate surface area is 128 Å². The molecule has 0 saturated carbocycles. The number of halogens is 2. The van der Waals surface area contributed by atoms with Gasteiger partial charge in [0.2, 0.25) is 0 Å². The van der Waals surface area contributed by atoms with Crippen LogP contribution in [-0.2, 0) is 4.74 Å². The lowest BCUT2D eigenvalue weighted by Gasteiger charge is -2.31. The average molecular weight is 380 g/mol. The fraction of sp³-hybridized carbons (Fsp3) is 0.571. The maximum Gasteiger partial charge on any atom is 0.0638 e. The van der Waals surface area contributed by atoms with E-state index in [4.69, 9.17) is 16.3 Å². The van der Waals surface area contributed by atoms with Crippen molar-refractivity contribution in [3.05, 3.63) is 26.8 Å². The molecule has 4 heteroatoms. The zero-order chi connectivity index (χ0) is 13.0. The van der Waals surface area contributed by atoms with E-state index < -0.39 is 0 Å². The smallest absolute Gasteiger partial charge is 0.0638 e. The van der Waals surface area contributed by atoms with Crippen LogP contribution in [0.5, 0.6) is 0 Å². The van der Waals surface area contributed by atoms with Crippen LogP contribution in [0.25, 0.3) is 0 Å². The van der Waals surface area contributed by atoms with Gasteiger partial charge in [0.15, 0.2) is 0 Å². The van der Waals surface area contributed by atoms with Gasteiger partial charge in [-0.05, 0) is 60.1 Å². The molecule has 2 nitrogen and oxygen atoms in total. The van der Waals surface area contributed by atoms with E-state index in [1.807, 2.05) is 12.1 Å². The SMILES string of the molecule is CCCC1CC(Nc2cc(I)ccc2Cl)CCO1. The summed E-state index contributed by atoms with van der Waals surface area (Å²) in [6, 6.07) is 6.56. The Hall–Kier alpha value is -0.000000000000000132. The highest BCUT2D eigenvalue weighted by Crippen LogP contribution is 2.27. The molecule has 0 aromatic heterocycles. The van der Waals surface area contributed by atoms with E-state index in [9.17, 15) is 0 Å². The third kappa shape index (κ3) is 4.00. The van der Waals surface area contributed by atoms with Crippen LogP contribution in [0.4, 0.5) is 5.69 Å². The minimum Gasteiger partial charge on any atom is -0.381 e. The maximum absolute atomic E-state index is 6.22. The number of benzene rings is 1. The predicted molar refractivity (Wildman–Crippen MR) is 85.5 cm³/mol. The summed E-state index contributed by atoms with van der Waals surface area (Å²) in [6.07, 6.45) is 4.87. The monoisotopic (exact) mass is 379 g/mol. The maximum atomic E-state index is 6.22. The molecule has 1 aliphatic rings. The van der Waals surface area contributed by atoms with Crippen molar-refractivity contribution in [2.24, 2.45) is 0 Å². The first-order valence-corrected chi connectivity index (χ1v) is 7.98. The summed E-state index contributed by atoms with van der Waals surface area (Å²) in [5.74, 6) is 0. The zero-order valence-corrected chi connectivity index (χ0v) is 13.5. The van der Waals surface area contributed by atoms with Crippen LogP contribution < -0.4 is 5.32 Å². The molecule has 1 N–H and O–H groups in total. The van der Waals surface area contributed by atoms with Gasteiger partial charge in [0.25, 0.3) is 0 Å². The van der Waals surface area contributed by atoms with Crippen molar-refractivity contribution in [2.75, 3.05) is 11.9 Å². The van der Waals surface area contributed by atoms with E-state index in [1.165, 1.54) is 9.99 Å². The van der Waals surface area contributed by atoms with Gasteiger partial charge in [-0.15, -0.1) is 0 Å². The molecule has 0 aliphatic carbocycles. The van der Waals surface area contributed by atoms with Crippen molar-refractivity contribution in [1.29, 1.82) is 0 Å². The van der Waals surface area contributed by atoms with Crippen LogP contribution in [-0.4, -0.2) is 18.8 Å². The van der Waals surface area contributed by atoms with Gasteiger partial charge in [0.05, 0.1) is 16.8 Å². The zero-order valence-electron chi connectivity index (χ0n) is 10.6. The van der Waals surface area contributed by atoms with Crippen molar-refractivity contribution in [2.45, 2.75) is 44.8 Å². The molecule has 1 aromatic carbocycles. The number of nitrogens with one attached hydrogen (secondary N) is 1. The van der Waals surface area contributed by atoms with Gasteiger partial charge in [-0.2, -0.15) is 0 Å². The van der Waals surface area contributed by atoms with Crippen molar-refractivity contribution in [3.8, 4) is 0 Å². The van der Waals surface area contributed by atoms with E-state index in [0.717, 1.165) is 36.6 Å². The van der Waals surface area contributed by atoms with Crippen LogP contribution in [0, 0.1) is 3.57 Å². The van der Waals surface area contributed by atoms with Crippen molar-refractivity contribution in [3.63, 3.8) is 0 Å². The van der Waals surface area contributed by atoms with Crippen LogP contribution in [0.2, 0.25) is 5.02 Å². The van der Waals surface area contributed by atoms with Crippen LogP contribution >= 0.6 is 34.2 Å². The molecule has 0 radical (unpaired) electrons. The van der Waals surface area contributed by atoms with Crippen molar-refractivity contribution < 1.29 is 4.74 Å². The van der Waals surface area contributed by atoms with Gasteiger partial charge in [0, 0.05) is 16.2 Å². The van der Waals surface area contributed by atoms with E-state index in [-0.39, 0.29) is 0 Å². The van der Waals surface area contributed by atoms with E-state index >= 15 is 0 Å². The minimum atomic E-state index is 0.405. The Morgan fingerprint density at radius 3 is 3.11 bits per heavy atom. The normalized spacial score (nSPS) is 23.9. The number of anilines is 1. The average Bonchev–Trinajstić information content (AvgIpc) is 2.35. The lowest BCUT2D eigenvalue weighted by Crippen LogP contribution is -2.34. The summed E-state index contributed by atoms with van der Waals surface area (Å²) in [6.45, 7) is 3.06. The molecule has 1 aliphatic heterocycles. The van der Waals surface area contributed by atoms with Crippen molar-refractivity contribution >= 4 is 39.9 Å². The molecular weight excluding hydrogens is 361 g/mol. The Bertz CT molecular complexity index is 397. The number of rotatable bonds is 4. The van der Waals surface area contributed by atoms with E-state index in [0.29, 0.717) is 12.1 Å². The summed E-state index contributed by atoms with van der Waals surface area (Å²) in [5.41, 5.74) is 1.05. The lowest BCUT2D eigenvalue weighted by molar-refractivity contribution is 0.00598. The molecule has 2 unspecified atom stereocenters. The molecular formula is C14H19ClINO. The quantitative estimate of drug-likeness (QED) is 0.765.